The monoisotopic (exact) mass is 640 g/mol. The van der Waals surface area contributed by atoms with Crippen molar-refractivity contribution in [1.82, 2.24) is 9.80 Å². The highest BCUT2D eigenvalue weighted by molar-refractivity contribution is 5.60. The molecule has 0 radical (unpaired) electrons. The summed E-state index contributed by atoms with van der Waals surface area (Å²) in [5.41, 5.74) is 6.53. The van der Waals surface area contributed by atoms with Gasteiger partial charge in [-0.25, -0.2) is 0 Å². The molecule has 0 spiro atoms. The van der Waals surface area contributed by atoms with Gasteiger partial charge in [0.25, 0.3) is 0 Å². The van der Waals surface area contributed by atoms with Gasteiger partial charge in [0.1, 0.15) is 5.75 Å². The molecule has 2 N–H and O–H groups in total. The van der Waals surface area contributed by atoms with E-state index in [1.165, 1.54) is 5.56 Å². The average Bonchev–Trinajstić information content (AvgIpc) is 3.08. The van der Waals surface area contributed by atoms with Crippen molar-refractivity contribution in [2.75, 3.05) is 55.6 Å². The van der Waals surface area contributed by atoms with Crippen molar-refractivity contribution in [3.8, 4) is 46.0 Å². The van der Waals surface area contributed by atoms with E-state index in [1.807, 2.05) is 42.5 Å². The lowest BCUT2D eigenvalue weighted by molar-refractivity contribution is 0.224. The maximum Gasteiger partial charge on any atom is 0.203 e. The molecule has 0 aliphatic carbocycles. The van der Waals surface area contributed by atoms with Crippen LogP contribution in [0.5, 0.6) is 46.0 Å². The first-order chi connectivity index (χ1) is 22.7. The molecule has 0 saturated heterocycles. The summed E-state index contributed by atoms with van der Waals surface area (Å²) in [6.45, 7) is 1.75. The molecule has 0 aromatic heterocycles. The minimum atomic E-state index is 0.0686. The van der Waals surface area contributed by atoms with E-state index in [4.69, 9.17) is 23.7 Å². The molecule has 6 rings (SSSR count). The van der Waals surface area contributed by atoms with Gasteiger partial charge < -0.3 is 33.9 Å². The predicted molar refractivity (Wildman–Crippen MR) is 181 cm³/mol. The van der Waals surface area contributed by atoms with Crippen LogP contribution in [0.25, 0.3) is 0 Å². The zero-order valence-corrected chi connectivity index (χ0v) is 28.0. The highest BCUT2D eigenvalue weighted by atomic mass is 16.5. The Morgan fingerprint density at radius 2 is 1.28 bits per heavy atom. The van der Waals surface area contributed by atoms with E-state index in [-0.39, 0.29) is 23.6 Å². The quantitative estimate of drug-likeness (QED) is 0.202. The fraction of sp³-hybridized carbons (Fsp3) is 0.368. The zero-order valence-electron chi connectivity index (χ0n) is 28.0. The third-order valence-corrected chi connectivity index (χ3v) is 9.69. The van der Waals surface area contributed by atoms with E-state index < -0.39 is 0 Å². The maximum atomic E-state index is 11.0. The van der Waals surface area contributed by atoms with Crippen LogP contribution in [0.2, 0.25) is 0 Å². The largest absolute Gasteiger partial charge is 0.504 e. The van der Waals surface area contributed by atoms with E-state index >= 15 is 0 Å². The molecular formula is C38H44N2O7. The molecule has 47 heavy (non-hydrogen) atoms. The number of phenols is 2. The van der Waals surface area contributed by atoms with Crippen molar-refractivity contribution < 1.29 is 33.9 Å². The average molecular weight is 641 g/mol. The predicted octanol–water partition coefficient (Wildman–Crippen LogP) is 6.47. The van der Waals surface area contributed by atoms with Crippen LogP contribution in [0.3, 0.4) is 0 Å². The van der Waals surface area contributed by atoms with E-state index in [9.17, 15) is 10.2 Å². The summed E-state index contributed by atoms with van der Waals surface area (Å²) in [4.78, 5) is 4.64. The van der Waals surface area contributed by atoms with Crippen molar-refractivity contribution in [1.29, 1.82) is 0 Å². The first-order valence-corrected chi connectivity index (χ1v) is 15.9. The minimum absolute atomic E-state index is 0.0686. The van der Waals surface area contributed by atoms with Crippen LogP contribution in [0.15, 0.2) is 60.7 Å². The zero-order chi connectivity index (χ0) is 33.2. The Morgan fingerprint density at radius 3 is 1.96 bits per heavy atom. The summed E-state index contributed by atoms with van der Waals surface area (Å²) in [7, 11) is 10.6. The lowest BCUT2D eigenvalue weighted by Gasteiger charge is -2.35. The molecule has 2 unspecified atom stereocenters. The number of methoxy groups -OCH3 is 4. The van der Waals surface area contributed by atoms with Crippen LogP contribution in [0.4, 0.5) is 0 Å². The minimum Gasteiger partial charge on any atom is -0.504 e. The first kappa shape index (κ1) is 32.3. The second kappa shape index (κ2) is 13.6. The summed E-state index contributed by atoms with van der Waals surface area (Å²) in [5.74, 6) is 3.75. The molecule has 9 heteroatoms. The highest BCUT2D eigenvalue weighted by Crippen LogP contribution is 2.46. The van der Waals surface area contributed by atoms with Crippen molar-refractivity contribution in [3.05, 3.63) is 94.0 Å². The Hall–Kier alpha value is -4.60. The van der Waals surface area contributed by atoms with Gasteiger partial charge in [0.05, 0.1) is 28.4 Å². The fourth-order valence-corrected chi connectivity index (χ4v) is 7.01. The van der Waals surface area contributed by atoms with E-state index in [2.05, 4.69) is 42.1 Å². The number of aromatic hydroxyl groups is 2. The molecule has 0 amide bonds. The highest BCUT2D eigenvalue weighted by Gasteiger charge is 2.31. The summed E-state index contributed by atoms with van der Waals surface area (Å²) < 4.78 is 28.4. The van der Waals surface area contributed by atoms with Crippen molar-refractivity contribution >= 4 is 0 Å². The molecule has 0 fully saturated rings. The van der Waals surface area contributed by atoms with Gasteiger partial charge in [-0.05, 0) is 110 Å². The number of ether oxygens (including phenoxy) is 5. The Balaban J connectivity index is 1.21. The maximum absolute atomic E-state index is 11.0. The Bertz CT molecular complexity index is 1740. The van der Waals surface area contributed by atoms with Crippen LogP contribution in [0, 0.1) is 0 Å². The molecule has 2 aliphatic rings. The van der Waals surface area contributed by atoms with Gasteiger partial charge in [-0.15, -0.1) is 0 Å². The summed E-state index contributed by atoms with van der Waals surface area (Å²) in [6.07, 6.45) is 3.15. The summed E-state index contributed by atoms with van der Waals surface area (Å²) in [6, 6.07) is 20.2. The van der Waals surface area contributed by atoms with Gasteiger partial charge >= 0.3 is 0 Å². The molecule has 0 bridgehead atoms. The standard InChI is InChI=1S/C38H44N2O7/c1-39-15-13-25-20-34(44-4)32(41)21-28(25)30(39)18-24-9-12-33(43-3)35(19-24)47-26-10-7-23(8-11-26)17-31-29-22-36(45-5)38(46-6)37(42)27(29)14-16-40(31)2/h7-12,19-22,30-31,41-42H,13-18H2,1-6H3. The van der Waals surface area contributed by atoms with Crippen LogP contribution >= 0.6 is 0 Å². The molecule has 248 valence electrons. The van der Waals surface area contributed by atoms with Gasteiger partial charge in [-0.2, -0.15) is 0 Å². The summed E-state index contributed by atoms with van der Waals surface area (Å²) in [5, 5.41) is 21.5. The SMILES string of the molecule is COc1cc2c(cc1O)C(Cc1ccc(OC)c(Oc3ccc(CC4c5cc(OC)c(OC)c(O)c5CCN4C)cc3)c1)N(C)CC2. The van der Waals surface area contributed by atoms with Gasteiger partial charge in [-0.3, -0.25) is 9.80 Å². The van der Waals surface area contributed by atoms with E-state index in [0.29, 0.717) is 34.5 Å². The molecule has 0 saturated carbocycles. The van der Waals surface area contributed by atoms with Gasteiger partial charge in [0.15, 0.2) is 34.5 Å². The number of rotatable bonds is 10. The van der Waals surface area contributed by atoms with Crippen LogP contribution < -0.4 is 23.7 Å². The molecule has 2 heterocycles. The second-order valence-corrected chi connectivity index (χ2v) is 12.4. The third kappa shape index (κ3) is 6.38. The lowest BCUT2D eigenvalue weighted by atomic mass is 9.88. The van der Waals surface area contributed by atoms with E-state index in [1.54, 1.807) is 28.4 Å². The number of nitrogens with zero attached hydrogens (tertiary/aromatic N) is 2. The van der Waals surface area contributed by atoms with Crippen molar-refractivity contribution in [2.45, 2.75) is 37.8 Å². The van der Waals surface area contributed by atoms with Crippen LogP contribution in [-0.2, 0) is 25.7 Å². The smallest absolute Gasteiger partial charge is 0.203 e. The van der Waals surface area contributed by atoms with Crippen LogP contribution in [0.1, 0.15) is 45.5 Å². The molecule has 4 aromatic carbocycles. The van der Waals surface area contributed by atoms with Crippen LogP contribution in [-0.4, -0.2) is 75.6 Å². The molecule has 4 aromatic rings. The first-order valence-electron chi connectivity index (χ1n) is 15.9. The number of hydrogen-bond acceptors (Lipinski definition) is 9. The molecule has 9 nitrogen and oxygen atoms in total. The lowest BCUT2D eigenvalue weighted by Crippen LogP contribution is -2.33. The molecule has 2 aliphatic heterocycles. The third-order valence-electron chi connectivity index (χ3n) is 9.69. The Kier molecular flexibility index (Phi) is 9.38. The van der Waals surface area contributed by atoms with Gasteiger partial charge in [0.2, 0.25) is 5.75 Å². The number of phenolic OH excluding ortho intramolecular Hbond substituents is 2. The Morgan fingerprint density at radius 1 is 0.638 bits per heavy atom. The normalized spacial score (nSPS) is 17.8. The Labute approximate surface area is 276 Å². The van der Waals surface area contributed by atoms with Gasteiger partial charge in [-0.1, -0.05) is 18.2 Å². The van der Waals surface area contributed by atoms with Gasteiger partial charge in [0, 0.05) is 30.7 Å². The number of benzene rings is 4. The second-order valence-electron chi connectivity index (χ2n) is 12.4. The fourth-order valence-electron chi connectivity index (χ4n) is 7.01. The molecule has 2 atom stereocenters. The number of hydrogen-bond donors (Lipinski definition) is 2. The topological polar surface area (TPSA) is 93.1 Å². The van der Waals surface area contributed by atoms with Crippen molar-refractivity contribution in [2.24, 2.45) is 0 Å². The summed E-state index contributed by atoms with van der Waals surface area (Å²) >= 11 is 0. The number of likely N-dealkylation sites (N-methyl/N-ethyl adjacent to an activating group) is 2. The van der Waals surface area contributed by atoms with Crippen molar-refractivity contribution in [3.63, 3.8) is 0 Å². The molecular weight excluding hydrogens is 596 g/mol. The van der Waals surface area contributed by atoms with E-state index in [0.717, 1.165) is 66.6 Å². The number of fused-ring (bicyclic) bond motifs is 2.